The van der Waals surface area contributed by atoms with Crippen LogP contribution < -0.4 is 5.32 Å². The Bertz CT molecular complexity index is 581. The highest BCUT2D eigenvalue weighted by atomic mass is 32.2. The third kappa shape index (κ3) is 2.58. The Labute approximate surface area is 118 Å². The van der Waals surface area contributed by atoms with Crippen molar-refractivity contribution in [1.82, 2.24) is 14.5 Å². The third-order valence-electron chi connectivity index (χ3n) is 3.93. The molecule has 0 aliphatic carbocycles. The number of sulfonamides is 1. The highest BCUT2D eigenvalue weighted by Crippen LogP contribution is 2.24. The quantitative estimate of drug-likeness (QED) is 0.860. The van der Waals surface area contributed by atoms with Crippen molar-refractivity contribution in [2.24, 2.45) is 0 Å². The number of nitrogens with zero attached hydrogens (tertiary/aromatic N) is 2. The average Bonchev–Trinajstić information content (AvgIpc) is 2.38. The molecule has 2 heterocycles. The molecule has 7 heteroatoms. The Hall–Kier alpha value is -1.02. The molecule has 0 bridgehead atoms. The number of halogens is 1. The van der Waals surface area contributed by atoms with Crippen LogP contribution in [0.2, 0.25) is 0 Å². The van der Waals surface area contributed by atoms with Crippen LogP contribution in [0.25, 0.3) is 0 Å². The van der Waals surface area contributed by atoms with E-state index in [2.05, 4.69) is 10.2 Å². The van der Waals surface area contributed by atoms with Crippen LogP contribution in [0.4, 0.5) is 4.39 Å². The van der Waals surface area contributed by atoms with Gasteiger partial charge < -0.3 is 5.32 Å². The molecule has 2 aliphatic heterocycles. The van der Waals surface area contributed by atoms with Gasteiger partial charge in [0.25, 0.3) is 0 Å². The summed E-state index contributed by atoms with van der Waals surface area (Å²) < 4.78 is 39.2. The minimum atomic E-state index is -3.55. The molecule has 2 saturated heterocycles. The Balaban J connectivity index is 1.66. The maximum absolute atomic E-state index is 13.2. The van der Waals surface area contributed by atoms with E-state index < -0.39 is 15.8 Å². The number of hydrogen-bond acceptors (Lipinski definition) is 4. The van der Waals surface area contributed by atoms with E-state index in [0.717, 1.165) is 32.2 Å². The van der Waals surface area contributed by atoms with Crippen molar-refractivity contribution in [3.8, 4) is 0 Å². The second-order valence-electron chi connectivity index (χ2n) is 5.22. The minimum Gasteiger partial charge on any atom is -0.314 e. The van der Waals surface area contributed by atoms with E-state index >= 15 is 0 Å². The van der Waals surface area contributed by atoms with E-state index in [-0.39, 0.29) is 4.90 Å². The SMILES string of the molecule is O=S(=O)(c1cccc(F)c1)N1CC(N2CCNCC2)C1. The molecule has 0 atom stereocenters. The van der Waals surface area contributed by atoms with Gasteiger partial charge in [0.15, 0.2) is 0 Å². The number of rotatable bonds is 3. The molecule has 0 aromatic heterocycles. The second kappa shape index (κ2) is 5.40. The van der Waals surface area contributed by atoms with Crippen LogP contribution in [-0.4, -0.2) is 62.9 Å². The van der Waals surface area contributed by atoms with Gasteiger partial charge in [-0.25, -0.2) is 12.8 Å². The standard InChI is InChI=1S/C13H18FN3O2S/c14-11-2-1-3-13(8-11)20(18,19)17-9-12(10-17)16-6-4-15-5-7-16/h1-3,8,12,15H,4-7,9-10H2. The van der Waals surface area contributed by atoms with Gasteiger partial charge in [0.05, 0.1) is 4.90 Å². The molecular formula is C13H18FN3O2S. The third-order valence-corrected chi connectivity index (χ3v) is 5.76. The molecule has 20 heavy (non-hydrogen) atoms. The van der Waals surface area contributed by atoms with Crippen LogP contribution >= 0.6 is 0 Å². The molecule has 0 spiro atoms. The van der Waals surface area contributed by atoms with E-state index in [9.17, 15) is 12.8 Å². The van der Waals surface area contributed by atoms with Crippen LogP contribution in [-0.2, 0) is 10.0 Å². The Morgan fingerprint density at radius 3 is 2.55 bits per heavy atom. The summed E-state index contributed by atoms with van der Waals surface area (Å²) in [6.45, 7) is 4.81. The van der Waals surface area contributed by atoms with Gasteiger partial charge in [-0.2, -0.15) is 4.31 Å². The van der Waals surface area contributed by atoms with Crippen LogP contribution in [0.3, 0.4) is 0 Å². The molecule has 1 aromatic carbocycles. The summed E-state index contributed by atoms with van der Waals surface area (Å²) in [6, 6.07) is 5.49. The Morgan fingerprint density at radius 2 is 1.90 bits per heavy atom. The van der Waals surface area contributed by atoms with Gasteiger partial charge in [0, 0.05) is 45.3 Å². The molecule has 2 aliphatic rings. The molecular weight excluding hydrogens is 281 g/mol. The minimum absolute atomic E-state index is 0.0382. The zero-order valence-corrected chi connectivity index (χ0v) is 11.9. The largest absolute Gasteiger partial charge is 0.314 e. The summed E-state index contributed by atoms with van der Waals surface area (Å²) in [7, 11) is -3.55. The predicted molar refractivity (Wildman–Crippen MR) is 73.4 cm³/mol. The van der Waals surface area contributed by atoms with E-state index in [1.807, 2.05) is 0 Å². The molecule has 5 nitrogen and oxygen atoms in total. The molecule has 1 aromatic rings. The fourth-order valence-electron chi connectivity index (χ4n) is 2.67. The predicted octanol–water partition coefficient (Wildman–Crippen LogP) is 0.104. The zero-order valence-electron chi connectivity index (χ0n) is 11.1. The zero-order chi connectivity index (χ0) is 14.2. The fourth-order valence-corrected chi connectivity index (χ4v) is 4.21. The number of nitrogens with one attached hydrogen (secondary N) is 1. The summed E-state index contributed by atoms with van der Waals surface area (Å²) in [6.07, 6.45) is 0. The van der Waals surface area contributed by atoms with Crippen molar-refractivity contribution in [2.75, 3.05) is 39.3 Å². The normalized spacial score (nSPS) is 22.6. The molecule has 3 rings (SSSR count). The number of hydrogen-bond donors (Lipinski definition) is 1. The monoisotopic (exact) mass is 299 g/mol. The lowest BCUT2D eigenvalue weighted by molar-refractivity contribution is 0.0773. The topological polar surface area (TPSA) is 52.7 Å². The van der Waals surface area contributed by atoms with Gasteiger partial charge >= 0.3 is 0 Å². The summed E-state index contributed by atoms with van der Waals surface area (Å²) in [5, 5.41) is 3.28. The van der Waals surface area contributed by atoms with Crippen molar-refractivity contribution in [3.05, 3.63) is 30.1 Å². The number of benzene rings is 1. The second-order valence-corrected chi connectivity index (χ2v) is 7.16. The van der Waals surface area contributed by atoms with E-state index in [1.54, 1.807) is 0 Å². The molecule has 0 amide bonds. The summed E-state index contributed by atoms with van der Waals surface area (Å²) >= 11 is 0. The van der Waals surface area contributed by atoms with Gasteiger partial charge in [-0.15, -0.1) is 0 Å². The van der Waals surface area contributed by atoms with Crippen molar-refractivity contribution >= 4 is 10.0 Å². The maximum atomic E-state index is 13.2. The molecule has 110 valence electrons. The van der Waals surface area contributed by atoms with Gasteiger partial charge in [0.1, 0.15) is 5.82 Å². The van der Waals surface area contributed by atoms with Gasteiger partial charge in [-0.3, -0.25) is 4.90 Å². The van der Waals surface area contributed by atoms with Crippen LogP contribution in [0.1, 0.15) is 0 Å². The van der Waals surface area contributed by atoms with Gasteiger partial charge in [0.2, 0.25) is 10.0 Å². The van der Waals surface area contributed by atoms with Crippen molar-refractivity contribution < 1.29 is 12.8 Å². The smallest absolute Gasteiger partial charge is 0.243 e. The lowest BCUT2D eigenvalue weighted by Crippen LogP contribution is -2.63. The average molecular weight is 299 g/mol. The highest BCUT2D eigenvalue weighted by molar-refractivity contribution is 7.89. The first kappa shape index (κ1) is 13.9. The highest BCUT2D eigenvalue weighted by Gasteiger charge is 2.39. The van der Waals surface area contributed by atoms with Crippen molar-refractivity contribution in [3.63, 3.8) is 0 Å². The summed E-state index contributed by atoms with van der Waals surface area (Å²) in [4.78, 5) is 2.35. The molecule has 2 fully saturated rings. The van der Waals surface area contributed by atoms with Crippen LogP contribution in [0, 0.1) is 5.82 Å². The fraction of sp³-hybridized carbons (Fsp3) is 0.538. The van der Waals surface area contributed by atoms with Crippen LogP contribution in [0.5, 0.6) is 0 Å². The van der Waals surface area contributed by atoms with E-state index in [1.165, 1.54) is 22.5 Å². The first-order valence-electron chi connectivity index (χ1n) is 6.78. The first-order chi connectivity index (χ1) is 9.57. The molecule has 0 saturated carbocycles. The Kier molecular flexibility index (Phi) is 3.76. The lowest BCUT2D eigenvalue weighted by atomic mass is 10.1. The van der Waals surface area contributed by atoms with Crippen molar-refractivity contribution in [2.45, 2.75) is 10.9 Å². The van der Waals surface area contributed by atoms with E-state index in [0.29, 0.717) is 19.1 Å². The Morgan fingerprint density at radius 1 is 1.20 bits per heavy atom. The lowest BCUT2D eigenvalue weighted by Gasteiger charge is -2.45. The van der Waals surface area contributed by atoms with E-state index in [4.69, 9.17) is 0 Å². The first-order valence-corrected chi connectivity index (χ1v) is 8.22. The van der Waals surface area contributed by atoms with Gasteiger partial charge in [-0.1, -0.05) is 6.07 Å². The maximum Gasteiger partial charge on any atom is 0.243 e. The van der Waals surface area contributed by atoms with Crippen LogP contribution in [0.15, 0.2) is 29.2 Å². The van der Waals surface area contributed by atoms with Gasteiger partial charge in [-0.05, 0) is 18.2 Å². The molecule has 1 N–H and O–H groups in total. The summed E-state index contributed by atoms with van der Waals surface area (Å²) in [5.74, 6) is -0.523. The molecule has 0 radical (unpaired) electrons. The summed E-state index contributed by atoms with van der Waals surface area (Å²) in [5.41, 5.74) is 0. The number of piperazine rings is 1. The molecule has 0 unspecified atom stereocenters. The van der Waals surface area contributed by atoms with Crippen molar-refractivity contribution in [1.29, 1.82) is 0 Å².